The Morgan fingerprint density at radius 3 is 2.45 bits per heavy atom. The second kappa shape index (κ2) is 8.42. The molecule has 168 valence electrons. The molecule has 1 amide bonds. The third-order valence-electron chi connectivity index (χ3n) is 5.39. The summed E-state index contributed by atoms with van der Waals surface area (Å²) in [6.07, 6.45) is 1.66. The van der Waals surface area contributed by atoms with Gasteiger partial charge in [-0.05, 0) is 57.0 Å². The minimum atomic E-state index is -3.67. The van der Waals surface area contributed by atoms with Crippen LogP contribution in [0.3, 0.4) is 0 Å². The number of carbonyl (C=O) groups is 1. The molecule has 0 saturated carbocycles. The molecule has 7 nitrogen and oxygen atoms in total. The zero-order valence-corrected chi connectivity index (χ0v) is 19.7. The van der Waals surface area contributed by atoms with Crippen LogP contribution in [0.15, 0.2) is 36.4 Å². The van der Waals surface area contributed by atoms with Crippen LogP contribution >= 0.6 is 0 Å². The molecule has 1 heterocycles. The van der Waals surface area contributed by atoms with Crippen LogP contribution in [0.25, 0.3) is 0 Å². The van der Waals surface area contributed by atoms with Crippen LogP contribution in [-0.4, -0.2) is 39.8 Å². The molecule has 0 fully saturated rings. The van der Waals surface area contributed by atoms with Crippen molar-refractivity contribution in [2.24, 2.45) is 0 Å². The molecule has 2 aromatic carbocycles. The molecule has 0 unspecified atom stereocenters. The van der Waals surface area contributed by atoms with Gasteiger partial charge in [-0.1, -0.05) is 18.2 Å². The largest absolute Gasteiger partial charge is 0.497 e. The van der Waals surface area contributed by atoms with Crippen LogP contribution in [0.4, 0.5) is 5.69 Å². The Balaban J connectivity index is 1.90. The van der Waals surface area contributed by atoms with E-state index in [1.54, 1.807) is 7.11 Å². The van der Waals surface area contributed by atoms with E-state index in [1.165, 1.54) is 4.31 Å². The summed E-state index contributed by atoms with van der Waals surface area (Å²) >= 11 is 0. The summed E-state index contributed by atoms with van der Waals surface area (Å²) in [6.45, 7) is 7.28. The van der Waals surface area contributed by atoms with E-state index in [9.17, 15) is 13.2 Å². The molecule has 0 saturated heterocycles. The zero-order valence-electron chi connectivity index (χ0n) is 18.9. The number of amides is 1. The summed E-state index contributed by atoms with van der Waals surface area (Å²) in [4.78, 5) is 13.1. The Kier molecular flexibility index (Phi) is 6.23. The molecule has 0 radical (unpaired) electrons. The van der Waals surface area contributed by atoms with Gasteiger partial charge in [0.1, 0.15) is 23.6 Å². The lowest BCUT2D eigenvalue weighted by atomic mass is 9.89. The quantitative estimate of drug-likeness (QED) is 0.734. The molecule has 1 atom stereocenters. The zero-order chi connectivity index (χ0) is 23.0. The molecule has 1 aliphatic rings. The number of rotatable bonds is 6. The van der Waals surface area contributed by atoms with Crippen LogP contribution in [-0.2, 0) is 14.8 Å². The van der Waals surface area contributed by atoms with Gasteiger partial charge in [0.05, 0.1) is 25.1 Å². The second-order valence-corrected chi connectivity index (χ2v) is 10.5. The molecular formula is C23H30N2O5S. The van der Waals surface area contributed by atoms with E-state index < -0.39 is 15.6 Å². The first-order valence-electron chi connectivity index (χ1n) is 10.1. The van der Waals surface area contributed by atoms with Crippen LogP contribution in [0.1, 0.15) is 43.0 Å². The highest BCUT2D eigenvalue weighted by molar-refractivity contribution is 7.92. The molecule has 1 aliphatic heterocycles. The second-order valence-electron chi connectivity index (χ2n) is 8.60. The highest BCUT2D eigenvalue weighted by atomic mass is 32.2. The molecule has 0 aromatic heterocycles. The molecule has 0 bridgehead atoms. The van der Waals surface area contributed by atoms with Crippen molar-refractivity contribution in [3.8, 4) is 11.5 Å². The maximum Gasteiger partial charge on any atom is 0.241 e. The Bertz CT molecular complexity index is 1070. The summed E-state index contributed by atoms with van der Waals surface area (Å²) in [5.74, 6) is 0.955. The van der Waals surface area contributed by atoms with Gasteiger partial charge in [0.15, 0.2) is 0 Å². The van der Waals surface area contributed by atoms with E-state index in [-0.39, 0.29) is 18.5 Å². The first kappa shape index (κ1) is 22.9. The molecule has 0 aliphatic carbocycles. The molecule has 31 heavy (non-hydrogen) atoms. The monoisotopic (exact) mass is 446 g/mol. The van der Waals surface area contributed by atoms with Crippen molar-refractivity contribution >= 4 is 21.6 Å². The number of anilines is 1. The van der Waals surface area contributed by atoms with E-state index in [1.807, 2.05) is 64.1 Å². The predicted molar refractivity (Wildman–Crippen MR) is 121 cm³/mol. The molecular weight excluding hydrogens is 416 g/mol. The molecule has 3 rings (SSSR count). The number of nitrogens with zero attached hydrogens (tertiary/aromatic N) is 1. The maximum atomic E-state index is 13.1. The maximum absolute atomic E-state index is 13.1. The Labute approximate surface area is 184 Å². The minimum absolute atomic E-state index is 0.304. The van der Waals surface area contributed by atoms with Crippen molar-refractivity contribution in [1.29, 1.82) is 0 Å². The van der Waals surface area contributed by atoms with Gasteiger partial charge in [-0.15, -0.1) is 0 Å². The number of aryl methyl sites for hydroxylation is 2. The third-order valence-corrected chi connectivity index (χ3v) is 6.50. The Hall–Kier alpha value is -2.74. The number of benzene rings is 2. The lowest BCUT2D eigenvalue weighted by Gasteiger charge is -2.38. The van der Waals surface area contributed by atoms with Gasteiger partial charge < -0.3 is 14.8 Å². The summed E-state index contributed by atoms with van der Waals surface area (Å²) in [5.41, 5.74) is 2.45. The lowest BCUT2D eigenvalue weighted by Crippen LogP contribution is -2.45. The van der Waals surface area contributed by atoms with Gasteiger partial charge in [0, 0.05) is 12.0 Å². The van der Waals surface area contributed by atoms with Gasteiger partial charge in [-0.25, -0.2) is 8.42 Å². The van der Waals surface area contributed by atoms with E-state index >= 15 is 0 Å². The smallest absolute Gasteiger partial charge is 0.241 e. The van der Waals surface area contributed by atoms with Gasteiger partial charge >= 0.3 is 0 Å². The van der Waals surface area contributed by atoms with E-state index in [2.05, 4.69) is 5.32 Å². The topological polar surface area (TPSA) is 84.9 Å². The molecule has 0 spiro atoms. The molecule has 1 N–H and O–H groups in total. The van der Waals surface area contributed by atoms with Gasteiger partial charge in [0.2, 0.25) is 15.9 Å². The fourth-order valence-electron chi connectivity index (χ4n) is 4.02. The van der Waals surface area contributed by atoms with Crippen molar-refractivity contribution in [2.45, 2.75) is 45.8 Å². The summed E-state index contributed by atoms with van der Waals surface area (Å²) in [6, 6.07) is 10.7. The SMILES string of the molecule is COc1ccc2c(c1)[C@@H](NC(=O)CN(c1c(C)cccc1C)S(C)(=O)=O)CC(C)(C)O2. The van der Waals surface area contributed by atoms with Crippen molar-refractivity contribution in [2.75, 3.05) is 24.2 Å². The number of hydrogen-bond acceptors (Lipinski definition) is 5. The number of nitrogens with one attached hydrogen (secondary N) is 1. The van der Waals surface area contributed by atoms with Crippen molar-refractivity contribution < 1.29 is 22.7 Å². The number of sulfonamides is 1. The molecule has 8 heteroatoms. The Morgan fingerprint density at radius 2 is 1.87 bits per heavy atom. The Morgan fingerprint density at radius 1 is 1.23 bits per heavy atom. The van der Waals surface area contributed by atoms with E-state index in [0.717, 1.165) is 22.9 Å². The third kappa shape index (κ3) is 5.12. The minimum Gasteiger partial charge on any atom is -0.497 e. The summed E-state index contributed by atoms with van der Waals surface area (Å²) < 4.78 is 37.7. The molecule has 2 aromatic rings. The highest BCUT2D eigenvalue weighted by Gasteiger charge is 2.35. The first-order valence-corrected chi connectivity index (χ1v) is 12.0. The van der Waals surface area contributed by atoms with Crippen LogP contribution in [0.2, 0.25) is 0 Å². The highest BCUT2D eigenvalue weighted by Crippen LogP contribution is 2.41. The summed E-state index contributed by atoms with van der Waals surface area (Å²) in [5, 5.41) is 3.01. The van der Waals surface area contributed by atoms with E-state index in [0.29, 0.717) is 23.6 Å². The fourth-order valence-corrected chi connectivity index (χ4v) is 4.99. The van der Waals surface area contributed by atoms with Gasteiger partial charge in [-0.3, -0.25) is 9.10 Å². The van der Waals surface area contributed by atoms with Crippen molar-refractivity contribution in [3.63, 3.8) is 0 Å². The predicted octanol–water partition coefficient (Wildman–Crippen LogP) is 3.50. The number of fused-ring (bicyclic) bond motifs is 1. The van der Waals surface area contributed by atoms with Crippen molar-refractivity contribution in [3.05, 3.63) is 53.1 Å². The average molecular weight is 447 g/mol. The fraction of sp³-hybridized carbons (Fsp3) is 0.435. The van der Waals surface area contributed by atoms with Gasteiger partial charge in [-0.2, -0.15) is 0 Å². The summed E-state index contributed by atoms with van der Waals surface area (Å²) in [7, 11) is -2.08. The first-order chi connectivity index (χ1) is 14.4. The van der Waals surface area contributed by atoms with Crippen LogP contribution < -0.4 is 19.1 Å². The number of para-hydroxylation sites is 1. The average Bonchev–Trinajstić information content (AvgIpc) is 2.65. The van der Waals surface area contributed by atoms with Crippen molar-refractivity contribution in [1.82, 2.24) is 5.32 Å². The number of methoxy groups -OCH3 is 1. The number of carbonyl (C=O) groups excluding carboxylic acids is 1. The normalized spacial score (nSPS) is 17.3. The van der Waals surface area contributed by atoms with Crippen LogP contribution in [0.5, 0.6) is 11.5 Å². The van der Waals surface area contributed by atoms with Gasteiger partial charge in [0.25, 0.3) is 0 Å². The number of hydrogen-bond donors (Lipinski definition) is 1. The number of ether oxygens (including phenoxy) is 2. The lowest BCUT2D eigenvalue weighted by molar-refractivity contribution is -0.120. The van der Waals surface area contributed by atoms with Crippen LogP contribution in [0, 0.1) is 13.8 Å². The van der Waals surface area contributed by atoms with E-state index in [4.69, 9.17) is 9.47 Å². The standard InChI is InChI=1S/C23H30N2O5S/c1-15-8-7-9-16(2)22(15)25(31(6,27)28)14-21(26)24-19-13-23(3,4)30-20-11-10-17(29-5)12-18(19)20/h7-12,19H,13-14H2,1-6H3,(H,24,26)/t19-/m0/s1.